The Balaban J connectivity index is 1.43. The average molecular weight is 547 g/mol. The standard InChI is InChI=1S/C28H29ClF2N2O5/c1-15-3-4-17(20(29)11-15)12-19(34)13-18(7-8-23(35)36)25-24(16-5-6-16)26(38-33-25)21-14-22(37-32-21)28(30,31)27(2)9-10-27/h3-4,11,14,16,18H,5-10,12-13H2,1-2H3,(H,35,36)/t18-/m0/s1. The third kappa shape index (κ3) is 5.25. The number of aryl methyl sites for hydroxylation is 1. The maximum absolute atomic E-state index is 14.9. The molecule has 3 aromatic rings. The number of Topliss-reactive ketones (excluding diaryl/α,β-unsaturated/α-hetero) is 1. The van der Waals surface area contributed by atoms with Crippen LogP contribution >= 0.6 is 11.6 Å². The van der Waals surface area contributed by atoms with Gasteiger partial charge in [-0.15, -0.1) is 0 Å². The predicted molar refractivity (Wildman–Crippen MR) is 134 cm³/mol. The highest BCUT2D eigenvalue weighted by atomic mass is 35.5. The summed E-state index contributed by atoms with van der Waals surface area (Å²) in [5.41, 5.74) is 1.84. The highest BCUT2D eigenvalue weighted by Crippen LogP contribution is 2.61. The van der Waals surface area contributed by atoms with Crippen LogP contribution in [0.2, 0.25) is 5.02 Å². The number of hydrogen-bond acceptors (Lipinski definition) is 6. The Labute approximate surface area is 223 Å². The van der Waals surface area contributed by atoms with Gasteiger partial charge in [0.1, 0.15) is 5.78 Å². The number of nitrogens with zero attached hydrogens (tertiary/aromatic N) is 2. The van der Waals surface area contributed by atoms with Gasteiger partial charge in [-0.1, -0.05) is 41.0 Å². The maximum atomic E-state index is 14.9. The van der Waals surface area contributed by atoms with E-state index in [1.807, 2.05) is 19.1 Å². The van der Waals surface area contributed by atoms with Gasteiger partial charge in [-0.25, -0.2) is 0 Å². The SMILES string of the molecule is Cc1ccc(CC(=O)C[C@H](CCC(=O)O)c2noc(-c3cc(C(F)(F)C4(C)CC4)on3)c2C2CC2)c(Cl)c1. The second-order valence-electron chi connectivity index (χ2n) is 10.9. The molecule has 2 aliphatic carbocycles. The first-order valence-corrected chi connectivity index (χ1v) is 13.2. The molecule has 0 amide bonds. The molecule has 2 heterocycles. The Morgan fingerprint density at radius 3 is 2.58 bits per heavy atom. The van der Waals surface area contributed by atoms with Crippen LogP contribution in [0, 0.1) is 12.3 Å². The molecular formula is C28H29ClF2N2O5. The molecule has 10 heteroatoms. The molecule has 0 bridgehead atoms. The minimum atomic E-state index is -3.16. The molecule has 0 aliphatic heterocycles. The van der Waals surface area contributed by atoms with E-state index in [9.17, 15) is 23.5 Å². The zero-order chi connectivity index (χ0) is 27.2. The van der Waals surface area contributed by atoms with E-state index in [-0.39, 0.29) is 48.8 Å². The van der Waals surface area contributed by atoms with Gasteiger partial charge < -0.3 is 14.2 Å². The molecular weight excluding hydrogens is 518 g/mol. The van der Waals surface area contributed by atoms with Crippen molar-refractivity contribution in [3.05, 3.63) is 57.4 Å². The quantitative estimate of drug-likeness (QED) is 0.256. The van der Waals surface area contributed by atoms with Crippen molar-refractivity contribution >= 4 is 23.4 Å². The Hall–Kier alpha value is -3.07. The molecule has 2 aromatic heterocycles. The van der Waals surface area contributed by atoms with Crippen molar-refractivity contribution in [1.82, 2.24) is 10.3 Å². The number of alkyl halides is 2. The van der Waals surface area contributed by atoms with Crippen LogP contribution in [0.5, 0.6) is 0 Å². The average Bonchev–Trinajstić information content (AvgIpc) is 3.74. The van der Waals surface area contributed by atoms with Gasteiger partial charge in [0.25, 0.3) is 0 Å². The van der Waals surface area contributed by atoms with E-state index in [2.05, 4.69) is 10.3 Å². The summed E-state index contributed by atoms with van der Waals surface area (Å²) in [6.07, 6.45) is 2.67. The maximum Gasteiger partial charge on any atom is 0.312 e. The number of benzene rings is 1. The molecule has 0 radical (unpaired) electrons. The zero-order valence-corrected chi connectivity index (χ0v) is 22.0. The van der Waals surface area contributed by atoms with E-state index in [4.69, 9.17) is 20.6 Å². The van der Waals surface area contributed by atoms with E-state index in [1.54, 1.807) is 6.07 Å². The van der Waals surface area contributed by atoms with Crippen molar-refractivity contribution in [3.8, 4) is 11.5 Å². The minimum Gasteiger partial charge on any atom is -0.481 e. The first kappa shape index (κ1) is 26.5. The number of ketones is 1. The first-order valence-electron chi connectivity index (χ1n) is 12.8. The van der Waals surface area contributed by atoms with Crippen LogP contribution < -0.4 is 0 Å². The molecule has 2 saturated carbocycles. The van der Waals surface area contributed by atoms with E-state index < -0.39 is 29.0 Å². The molecule has 7 nitrogen and oxygen atoms in total. The monoisotopic (exact) mass is 546 g/mol. The fourth-order valence-corrected chi connectivity index (χ4v) is 5.17. The molecule has 1 aromatic carbocycles. The Morgan fingerprint density at radius 1 is 1.21 bits per heavy atom. The summed E-state index contributed by atoms with van der Waals surface area (Å²) in [5, 5.41) is 17.9. The van der Waals surface area contributed by atoms with Gasteiger partial charge >= 0.3 is 11.9 Å². The molecule has 2 fully saturated rings. The fraction of sp³-hybridized carbons (Fsp3) is 0.500. The molecule has 2 aliphatic rings. The number of rotatable bonds is 12. The summed E-state index contributed by atoms with van der Waals surface area (Å²) in [6.45, 7) is 3.43. The molecule has 0 spiro atoms. The van der Waals surface area contributed by atoms with Crippen molar-refractivity contribution < 1.29 is 32.5 Å². The van der Waals surface area contributed by atoms with E-state index in [1.165, 1.54) is 13.0 Å². The number of carboxylic acid groups (broad SMARTS) is 1. The lowest BCUT2D eigenvalue weighted by molar-refractivity contribution is -0.137. The smallest absolute Gasteiger partial charge is 0.312 e. The largest absolute Gasteiger partial charge is 0.481 e. The molecule has 38 heavy (non-hydrogen) atoms. The van der Waals surface area contributed by atoms with Crippen LogP contribution in [-0.2, 0) is 21.9 Å². The second kappa shape index (κ2) is 9.91. The van der Waals surface area contributed by atoms with E-state index in [0.717, 1.165) is 18.4 Å². The Morgan fingerprint density at radius 2 is 1.95 bits per heavy atom. The summed E-state index contributed by atoms with van der Waals surface area (Å²) in [4.78, 5) is 24.5. The lowest BCUT2D eigenvalue weighted by Gasteiger charge is -2.19. The van der Waals surface area contributed by atoms with Gasteiger partial charge in [0.2, 0.25) is 5.76 Å². The van der Waals surface area contributed by atoms with Gasteiger partial charge in [0.05, 0.1) is 5.69 Å². The summed E-state index contributed by atoms with van der Waals surface area (Å²) >= 11 is 6.32. The van der Waals surface area contributed by atoms with Gasteiger partial charge in [-0.2, -0.15) is 8.78 Å². The second-order valence-corrected chi connectivity index (χ2v) is 11.3. The Bertz CT molecular complexity index is 1370. The molecule has 0 unspecified atom stereocenters. The number of aliphatic carboxylic acids is 1. The normalized spacial score (nSPS) is 17.4. The molecule has 1 atom stereocenters. The molecule has 1 N–H and O–H groups in total. The van der Waals surface area contributed by atoms with Crippen molar-refractivity contribution in [3.63, 3.8) is 0 Å². The zero-order valence-electron chi connectivity index (χ0n) is 21.2. The number of carbonyl (C=O) groups is 2. The third-order valence-corrected chi connectivity index (χ3v) is 8.07. The lowest BCUT2D eigenvalue weighted by Crippen LogP contribution is -2.24. The molecule has 0 saturated heterocycles. The molecule has 5 rings (SSSR count). The highest BCUT2D eigenvalue weighted by Gasteiger charge is 2.61. The molecule has 202 valence electrons. The lowest BCUT2D eigenvalue weighted by atomic mass is 9.87. The van der Waals surface area contributed by atoms with Crippen LogP contribution in [0.1, 0.15) is 91.8 Å². The number of carboxylic acids is 1. The predicted octanol–water partition coefficient (Wildman–Crippen LogP) is 7.21. The van der Waals surface area contributed by atoms with Crippen LogP contribution in [0.4, 0.5) is 8.78 Å². The highest BCUT2D eigenvalue weighted by molar-refractivity contribution is 6.31. The number of carbonyl (C=O) groups excluding carboxylic acids is 1. The topological polar surface area (TPSA) is 106 Å². The summed E-state index contributed by atoms with van der Waals surface area (Å²) in [5.74, 6) is -4.98. The van der Waals surface area contributed by atoms with Crippen molar-refractivity contribution in [2.45, 2.75) is 83.0 Å². The van der Waals surface area contributed by atoms with Gasteiger partial charge in [0, 0.05) is 47.2 Å². The van der Waals surface area contributed by atoms with E-state index >= 15 is 0 Å². The summed E-state index contributed by atoms with van der Waals surface area (Å²) in [7, 11) is 0. The number of hydrogen-bond donors (Lipinski definition) is 1. The summed E-state index contributed by atoms with van der Waals surface area (Å²) in [6, 6.07) is 6.69. The van der Waals surface area contributed by atoms with E-state index in [0.29, 0.717) is 34.7 Å². The van der Waals surface area contributed by atoms with Gasteiger partial charge in [-0.05, 0) is 62.1 Å². The summed E-state index contributed by atoms with van der Waals surface area (Å²) < 4.78 is 40.6. The first-order chi connectivity index (χ1) is 18.0. The van der Waals surface area contributed by atoms with Crippen molar-refractivity contribution in [1.29, 1.82) is 0 Å². The van der Waals surface area contributed by atoms with Crippen LogP contribution in [0.25, 0.3) is 11.5 Å². The number of halogens is 3. The van der Waals surface area contributed by atoms with Gasteiger partial charge in [-0.3, -0.25) is 9.59 Å². The Kier molecular flexibility index (Phi) is 6.92. The third-order valence-electron chi connectivity index (χ3n) is 7.72. The number of aromatic nitrogens is 2. The van der Waals surface area contributed by atoms with Crippen molar-refractivity contribution in [2.24, 2.45) is 5.41 Å². The minimum absolute atomic E-state index is 0.0453. The van der Waals surface area contributed by atoms with Gasteiger partial charge in [0.15, 0.2) is 11.5 Å². The van der Waals surface area contributed by atoms with Crippen LogP contribution in [-0.4, -0.2) is 27.2 Å². The van der Waals surface area contributed by atoms with Crippen LogP contribution in [0.3, 0.4) is 0 Å². The fourth-order valence-electron chi connectivity index (χ4n) is 4.87. The van der Waals surface area contributed by atoms with Crippen molar-refractivity contribution in [2.75, 3.05) is 0 Å². The van der Waals surface area contributed by atoms with Crippen LogP contribution in [0.15, 0.2) is 33.3 Å².